The molecule has 0 fully saturated rings. The second-order valence-corrected chi connectivity index (χ2v) is 1.53. The largest absolute Gasteiger partial charge is 0.512 e. The zero-order valence-electron chi connectivity index (χ0n) is 5.33. The van der Waals surface area contributed by atoms with Gasteiger partial charge in [0.15, 0.2) is 0 Å². The van der Waals surface area contributed by atoms with Gasteiger partial charge in [0.25, 0.3) is 0 Å². The summed E-state index contributed by atoms with van der Waals surface area (Å²) < 4.78 is 4.36. The van der Waals surface area contributed by atoms with E-state index in [-0.39, 0.29) is 5.97 Å². The van der Waals surface area contributed by atoms with E-state index in [0.717, 1.165) is 12.7 Å². The molecular formula is C6H10O3. The quantitative estimate of drug-likeness (QED) is 0.463. The number of aliphatic hydroxyl groups excluding tert-OH is 1. The highest BCUT2D eigenvalue weighted by Crippen LogP contribution is 1.90. The SMILES string of the molecule is CCCC(=O)O/C=C/O. The van der Waals surface area contributed by atoms with Crippen molar-refractivity contribution < 1.29 is 14.6 Å². The fourth-order valence-electron chi connectivity index (χ4n) is 0.369. The Morgan fingerprint density at radius 2 is 2.44 bits per heavy atom. The molecule has 0 aliphatic rings. The molecule has 0 unspecified atom stereocenters. The minimum absolute atomic E-state index is 0.317. The van der Waals surface area contributed by atoms with Crippen LogP contribution in [0.3, 0.4) is 0 Å². The molecule has 0 heterocycles. The van der Waals surface area contributed by atoms with E-state index in [0.29, 0.717) is 12.7 Å². The van der Waals surface area contributed by atoms with Gasteiger partial charge in [0.1, 0.15) is 12.5 Å². The van der Waals surface area contributed by atoms with Crippen molar-refractivity contribution in [2.24, 2.45) is 0 Å². The first kappa shape index (κ1) is 8.01. The Bertz CT molecular complexity index is 107. The highest BCUT2D eigenvalue weighted by atomic mass is 16.5. The first-order chi connectivity index (χ1) is 4.31. The topological polar surface area (TPSA) is 46.5 Å². The van der Waals surface area contributed by atoms with Crippen LogP contribution in [-0.4, -0.2) is 11.1 Å². The van der Waals surface area contributed by atoms with Crippen LogP contribution in [0.25, 0.3) is 0 Å². The Labute approximate surface area is 53.9 Å². The van der Waals surface area contributed by atoms with Gasteiger partial charge in [-0.15, -0.1) is 0 Å². The van der Waals surface area contributed by atoms with Crippen molar-refractivity contribution in [3.05, 3.63) is 12.5 Å². The van der Waals surface area contributed by atoms with E-state index in [9.17, 15) is 4.79 Å². The molecule has 0 aromatic rings. The standard InChI is InChI=1S/C6H10O3/c1-2-3-6(8)9-5-4-7/h4-5,7H,2-3H2,1H3/b5-4+. The van der Waals surface area contributed by atoms with Gasteiger partial charge in [0.2, 0.25) is 0 Å². The lowest BCUT2D eigenvalue weighted by molar-refractivity contribution is -0.138. The molecule has 0 spiro atoms. The molecule has 9 heavy (non-hydrogen) atoms. The monoisotopic (exact) mass is 130 g/mol. The summed E-state index contributed by atoms with van der Waals surface area (Å²) in [6.45, 7) is 1.88. The molecule has 52 valence electrons. The molecule has 0 atom stereocenters. The molecule has 0 aliphatic carbocycles. The van der Waals surface area contributed by atoms with E-state index in [1.54, 1.807) is 0 Å². The molecule has 3 nitrogen and oxygen atoms in total. The summed E-state index contributed by atoms with van der Waals surface area (Å²) in [5.74, 6) is -0.317. The first-order valence-corrected chi connectivity index (χ1v) is 2.80. The van der Waals surface area contributed by atoms with E-state index >= 15 is 0 Å². The zero-order valence-corrected chi connectivity index (χ0v) is 5.33. The molecule has 0 rings (SSSR count). The summed E-state index contributed by atoms with van der Waals surface area (Å²) in [6.07, 6.45) is 2.80. The van der Waals surface area contributed by atoms with Gasteiger partial charge < -0.3 is 9.84 Å². The van der Waals surface area contributed by atoms with Crippen LogP contribution in [0.4, 0.5) is 0 Å². The van der Waals surface area contributed by atoms with Crippen LogP contribution in [0.15, 0.2) is 12.5 Å². The van der Waals surface area contributed by atoms with Gasteiger partial charge in [0, 0.05) is 6.42 Å². The van der Waals surface area contributed by atoms with Crippen LogP contribution in [0.1, 0.15) is 19.8 Å². The Balaban J connectivity index is 3.27. The maximum absolute atomic E-state index is 10.4. The molecule has 3 heteroatoms. The van der Waals surface area contributed by atoms with E-state index in [2.05, 4.69) is 4.74 Å². The Morgan fingerprint density at radius 3 is 2.89 bits per heavy atom. The number of rotatable bonds is 3. The van der Waals surface area contributed by atoms with Gasteiger partial charge in [-0.2, -0.15) is 0 Å². The van der Waals surface area contributed by atoms with Crippen LogP contribution >= 0.6 is 0 Å². The average Bonchev–Trinajstić information content (AvgIpc) is 1.85. The molecule has 0 radical (unpaired) electrons. The fourth-order valence-corrected chi connectivity index (χ4v) is 0.369. The number of hydrogen-bond donors (Lipinski definition) is 1. The van der Waals surface area contributed by atoms with Crippen molar-refractivity contribution >= 4 is 5.97 Å². The number of ether oxygens (including phenoxy) is 1. The van der Waals surface area contributed by atoms with E-state index in [1.807, 2.05) is 6.92 Å². The molecule has 1 N–H and O–H groups in total. The lowest BCUT2D eigenvalue weighted by atomic mass is 10.3. The third-order valence-electron chi connectivity index (χ3n) is 0.714. The van der Waals surface area contributed by atoms with Crippen LogP contribution in [0.2, 0.25) is 0 Å². The van der Waals surface area contributed by atoms with Gasteiger partial charge in [-0.1, -0.05) is 6.92 Å². The second kappa shape index (κ2) is 5.15. The number of aliphatic hydroxyl groups is 1. The second-order valence-electron chi connectivity index (χ2n) is 1.53. The molecular weight excluding hydrogens is 120 g/mol. The predicted molar refractivity (Wildman–Crippen MR) is 32.8 cm³/mol. The number of carbonyl (C=O) groups excluding carboxylic acids is 1. The van der Waals surface area contributed by atoms with Crippen LogP contribution in [-0.2, 0) is 9.53 Å². The van der Waals surface area contributed by atoms with E-state index in [1.165, 1.54) is 0 Å². The third kappa shape index (κ3) is 4.87. The molecule has 0 aromatic carbocycles. The molecule has 0 aliphatic heterocycles. The maximum atomic E-state index is 10.4. The molecule has 0 bridgehead atoms. The highest BCUT2D eigenvalue weighted by molar-refractivity contribution is 5.69. The highest BCUT2D eigenvalue weighted by Gasteiger charge is 1.95. The Kier molecular flexibility index (Phi) is 4.59. The Hall–Kier alpha value is -0.990. The Morgan fingerprint density at radius 1 is 1.78 bits per heavy atom. The maximum Gasteiger partial charge on any atom is 0.310 e. The summed E-state index contributed by atoms with van der Waals surface area (Å²) in [4.78, 5) is 10.4. The summed E-state index contributed by atoms with van der Waals surface area (Å²) in [6, 6.07) is 0. The van der Waals surface area contributed by atoms with Crippen LogP contribution < -0.4 is 0 Å². The van der Waals surface area contributed by atoms with Crippen LogP contribution in [0, 0.1) is 0 Å². The lowest BCUT2D eigenvalue weighted by Crippen LogP contribution is -1.97. The summed E-state index contributed by atoms with van der Waals surface area (Å²) in [5, 5.41) is 8.03. The summed E-state index contributed by atoms with van der Waals surface area (Å²) >= 11 is 0. The lowest BCUT2D eigenvalue weighted by Gasteiger charge is -1.92. The average molecular weight is 130 g/mol. The zero-order chi connectivity index (χ0) is 7.11. The van der Waals surface area contributed by atoms with Crippen molar-refractivity contribution in [2.75, 3.05) is 0 Å². The van der Waals surface area contributed by atoms with Gasteiger partial charge in [-0.05, 0) is 6.42 Å². The number of esters is 1. The fraction of sp³-hybridized carbons (Fsp3) is 0.500. The van der Waals surface area contributed by atoms with Crippen molar-refractivity contribution in [3.8, 4) is 0 Å². The summed E-state index contributed by atoms with van der Waals surface area (Å²) in [5.41, 5.74) is 0. The third-order valence-corrected chi connectivity index (χ3v) is 0.714. The van der Waals surface area contributed by atoms with Crippen molar-refractivity contribution in [1.82, 2.24) is 0 Å². The van der Waals surface area contributed by atoms with Crippen molar-refractivity contribution in [1.29, 1.82) is 0 Å². The van der Waals surface area contributed by atoms with Gasteiger partial charge >= 0.3 is 5.97 Å². The number of carbonyl (C=O) groups is 1. The molecule has 0 aromatic heterocycles. The normalized spacial score (nSPS) is 9.89. The van der Waals surface area contributed by atoms with E-state index < -0.39 is 0 Å². The molecule has 0 saturated carbocycles. The molecule has 0 saturated heterocycles. The summed E-state index contributed by atoms with van der Waals surface area (Å²) in [7, 11) is 0. The van der Waals surface area contributed by atoms with Crippen LogP contribution in [0.5, 0.6) is 0 Å². The van der Waals surface area contributed by atoms with Gasteiger partial charge in [-0.25, -0.2) is 0 Å². The molecule has 0 amide bonds. The van der Waals surface area contributed by atoms with Gasteiger partial charge in [0.05, 0.1) is 0 Å². The van der Waals surface area contributed by atoms with E-state index in [4.69, 9.17) is 5.11 Å². The minimum Gasteiger partial charge on any atom is -0.512 e. The van der Waals surface area contributed by atoms with Crippen molar-refractivity contribution in [3.63, 3.8) is 0 Å². The number of hydrogen-bond acceptors (Lipinski definition) is 3. The smallest absolute Gasteiger partial charge is 0.310 e. The van der Waals surface area contributed by atoms with Gasteiger partial charge in [-0.3, -0.25) is 4.79 Å². The van der Waals surface area contributed by atoms with Crippen molar-refractivity contribution in [2.45, 2.75) is 19.8 Å². The first-order valence-electron chi connectivity index (χ1n) is 2.80. The minimum atomic E-state index is -0.317. The predicted octanol–water partition coefficient (Wildman–Crippen LogP) is 1.36.